The van der Waals surface area contributed by atoms with Gasteiger partial charge in [0.25, 0.3) is 0 Å². The zero-order valence-corrected chi connectivity index (χ0v) is 20.3. The molecule has 0 aliphatic carbocycles. The molecule has 0 saturated heterocycles. The van der Waals surface area contributed by atoms with Crippen LogP contribution in [-0.4, -0.2) is 15.0 Å². The van der Waals surface area contributed by atoms with Gasteiger partial charge in [0, 0.05) is 12.2 Å². The molecule has 2 N–H and O–H groups in total. The van der Waals surface area contributed by atoms with Gasteiger partial charge >= 0.3 is 0 Å². The molecule has 0 saturated carbocycles. The summed E-state index contributed by atoms with van der Waals surface area (Å²) in [6, 6.07) is 24.2. The third-order valence-electron chi connectivity index (χ3n) is 4.57. The van der Waals surface area contributed by atoms with Gasteiger partial charge in [0.05, 0.1) is 14.3 Å². The number of aryl methyl sites for hydroxylation is 1. The Balaban J connectivity index is 1.86. The van der Waals surface area contributed by atoms with Crippen molar-refractivity contribution in [3.05, 3.63) is 98.9 Å². The topological polar surface area (TPSA) is 58.2 Å². The Morgan fingerprint density at radius 2 is 1.57 bits per heavy atom. The molecule has 7 heteroatoms. The molecular formula is C23H22Br2N2O2S. The van der Waals surface area contributed by atoms with E-state index >= 15 is 0 Å². The van der Waals surface area contributed by atoms with E-state index in [1.54, 1.807) is 24.3 Å². The Kier molecular flexibility index (Phi) is 7.88. The lowest BCUT2D eigenvalue weighted by Gasteiger charge is -2.22. The number of benzene rings is 3. The maximum absolute atomic E-state index is 12.8. The van der Waals surface area contributed by atoms with Crippen LogP contribution in [0.25, 0.3) is 6.08 Å². The molecule has 3 aromatic carbocycles. The predicted molar refractivity (Wildman–Crippen MR) is 131 cm³/mol. The molecule has 4 nitrogen and oxygen atoms in total. The van der Waals surface area contributed by atoms with Gasteiger partial charge in [0.1, 0.15) is 0 Å². The summed E-state index contributed by atoms with van der Waals surface area (Å²) >= 11 is 6.80. The molecule has 0 aliphatic heterocycles. The van der Waals surface area contributed by atoms with Crippen molar-refractivity contribution in [1.29, 1.82) is 0 Å². The van der Waals surface area contributed by atoms with E-state index in [1.807, 2.05) is 67.6 Å². The Hall–Kier alpha value is -1.93. The predicted octanol–water partition coefficient (Wildman–Crippen LogP) is 6.21. The Labute approximate surface area is 194 Å². The van der Waals surface area contributed by atoms with Crippen LogP contribution in [0.4, 0.5) is 5.69 Å². The molecule has 3 aromatic rings. The molecule has 156 valence electrons. The van der Waals surface area contributed by atoms with E-state index < -0.39 is 10.0 Å². The molecule has 0 radical (unpaired) electrons. The number of hydrogen-bond donors (Lipinski definition) is 2. The highest BCUT2D eigenvalue weighted by atomic mass is 79.9. The lowest BCUT2D eigenvalue weighted by atomic mass is 10.1. The van der Waals surface area contributed by atoms with E-state index in [1.165, 1.54) is 0 Å². The van der Waals surface area contributed by atoms with Gasteiger partial charge in [-0.2, -0.15) is 0 Å². The number of para-hydroxylation sites is 1. The lowest BCUT2D eigenvalue weighted by Crippen LogP contribution is -2.31. The van der Waals surface area contributed by atoms with Crippen LogP contribution >= 0.6 is 31.9 Å². The van der Waals surface area contributed by atoms with Gasteiger partial charge in [-0.15, -0.1) is 0 Å². The Bertz CT molecular complexity index is 1110. The van der Waals surface area contributed by atoms with Crippen LogP contribution < -0.4 is 10.0 Å². The van der Waals surface area contributed by atoms with E-state index in [0.29, 0.717) is 0 Å². The maximum Gasteiger partial charge on any atom is 0.240 e. The summed E-state index contributed by atoms with van der Waals surface area (Å²) in [6.07, 6.45) is 1.95. The summed E-state index contributed by atoms with van der Waals surface area (Å²) in [5.41, 5.74) is 3.88. The van der Waals surface area contributed by atoms with Crippen molar-refractivity contribution in [3.63, 3.8) is 0 Å². The molecular weight excluding hydrogens is 528 g/mol. The first-order valence-corrected chi connectivity index (χ1v) is 12.4. The summed E-state index contributed by atoms with van der Waals surface area (Å²) < 4.78 is 29.1. The number of anilines is 1. The molecule has 3 rings (SSSR count). The highest BCUT2D eigenvalue weighted by Gasteiger charge is 2.19. The minimum atomic E-state index is -3.62. The number of sulfonamides is 1. The summed E-state index contributed by atoms with van der Waals surface area (Å²) in [5.74, 6) is 0. The van der Waals surface area contributed by atoms with Gasteiger partial charge in [-0.05, 0) is 74.2 Å². The minimum Gasteiger partial charge on any atom is -0.376 e. The van der Waals surface area contributed by atoms with Gasteiger partial charge in [0.2, 0.25) is 10.0 Å². The second kappa shape index (κ2) is 10.4. The van der Waals surface area contributed by atoms with Crippen LogP contribution in [0, 0.1) is 6.92 Å². The van der Waals surface area contributed by atoms with Crippen molar-refractivity contribution in [1.82, 2.24) is 4.72 Å². The molecule has 30 heavy (non-hydrogen) atoms. The van der Waals surface area contributed by atoms with Crippen molar-refractivity contribution in [3.8, 4) is 0 Å². The Morgan fingerprint density at radius 1 is 0.933 bits per heavy atom. The molecule has 0 fully saturated rings. The van der Waals surface area contributed by atoms with Crippen LogP contribution in [0.5, 0.6) is 0 Å². The molecule has 0 amide bonds. The largest absolute Gasteiger partial charge is 0.376 e. The Morgan fingerprint density at radius 3 is 2.23 bits per heavy atom. The third kappa shape index (κ3) is 6.28. The third-order valence-corrected chi connectivity index (χ3v) is 6.46. The highest BCUT2D eigenvalue weighted by Crippen LogP contribution is 2.27. The quantitative estimate of drug-likeness (QED) is 0.351. The van der Waals surface area contributed by atoms with E-state index in [9.17, 15) is 8.42 Å². The SMILES string of the molecule is Cc1ccc(S(=O)(=O)NCC(Nc2ccccc2C=C(Br)Br)c2ccccc2)cc1. The van der Waals surface area contributed by atoms with Gasteiger partial charge in [-0.3, -0.25) is 0 Å². The fourth-order valence-corrected chi connectivity index (χ4v) is 4.53. The molecule has 0 aliphatic rings. The average Bonchev–Trinajstić information content (AvgIpc) is 2.73. The molecule has 0 spiro atoms. The molecule has 1 unspecified atom stereocenters. The van der Waals surface area contributed by atoms with Crippen molar-refractivity contribution in [2.24, 2.45) is 0 Å². The summed E-state index contributed by atoms with van der Waals surface area (Å²) in [4.78, 5) is 0.256. The van der Waals surface area contributed by atoms with Crippen molar-refractivity contribution >= 4 is 53.6 Å². The number of halogens is 2. The molecule has 0 bridgehead atoms. The normalized spacial score (nSPS) is 12.2. The molecule has 0 heterocycles. The van der Waals surface area contributed by atoms with Crippen LogP contribution in [-0.2, 0) is 10.0 Å². The van der Waals surface area contributed by atoms with Gasteiger partial charge < -0.3 is 5.32 Å². The van der Waals surface area contributed by atoms with Gasteiger partial charge in [-0.1, -0.05) is 66.2 Å². The van der Waals surface area contributed by atoms with Crippen molar-refractivity contribution in [2.45, 2.75) is 17.9 Å². The first kappa shape index (κ1) is 22.7. The lowest BCUT2D eigenvalue weighted by molar-refractivity contribution is 0.576. The second-order valence-corrected chi connectivity index (χ2v) is 11.3. The number of rotatable bonds is 8. The van der Waals surface area contributed by atoms with Crippen molar-refractivity contribution in [2.75, 3.05) is 11.9 Å². The zero-order chi connectivity index (χ0) is 21.6. The fraction of sp³-hybridized carbons (Fsp3) is 0.130. The fourth-order valence-electron chi connectivity index (χ4n) is 2.99. The first-order chi connectivity index (χ1) is 14.3. The van der Waals surface area contributed by atoms with E-state index in [4.69, 9.17) is 0 Å². The van der Waals surface area contributed by atoms with Gasteiger partial charge in [-0.25, -0.2) is 13.1 Å². The molecule has 1 atom stereocenters. The van der Waals surface area contributed by atoms with Crippen LogP contribution in [0.1, 0.15) is 22.7 Å². The maximum atomic E-state index is 12.8. The monoisotopic (exact) mass is 548 g/mol. The average molecular weight is 550 g/mol. The zero-order valence-electron chi connectivity index (χ0n) is 16.3. The highest BCUT2D eigenvalue weighted by molar-refractivity contribution is 9.28. The van der Waals surface area contributed by atoms with E-state index in [0.717, 1.165) is 25.8 Å². The smallest absolute Gasteiger partial charge is 0.240 e. The standard InChI is InChI=1S/C23H22Br2N2O2S/c1-17-11-13-20(14-12-17)30(28,29)26-16-22(18-7-3-2-4-8-18)27-21-10-6-5-9-19(21)15-23(24)25/h2-15,22,26-27H,16H2,1H3. The van der Waals surface area contributed by atoms with E-state index in [-0.39, 0.29) is 17.5 Å². The number of nitrogens with one attached hydrogen (secondary N) is 2. The van der Waals surface area contributed by atoms with Gasteiger partial charge in [0.15, 0.2) is 0 Å². The second-order valence-electron chi connectivity index (χ2n) is 6.79. The summed E-state index contributed by atoms with van der Waals surface area (Å²) in [5, 5.41) is 3.49. The van der Waals surface area contributed by atoms with E-state index in [2.05, 4.69) is 41.9 Å². The first-order valence-electron chi connectivity index (χ1n) is 9.35. The van der Waals surface area contributed by atoms with Crippen LogP contribution in [0.15, 0.2) is 87.1 Å². The van der Waals surface area contributed by atoms with Crippen LogP contribution in [0.3, 0.4) is 0 Å². The van der Waals surface area contributed by atoms with Crippen molar-refractivity contribution < 1.29 is 8.42 Å². The minimum absolute atomic E-state index is 0.202. The van der Waals surface area contributed by atoms with Crippen LogP contribution in [0.2, 0.25) is 0 Å². The summed E-state index contributed by atoms with van der Waals surface area (Å²) in [7, 11) is -3.62. The summed E-state index contributed by atoms with van der Waals surface area (Å²) in [6.45, 7) is 2.13. The molecule has 0 aromatic heterocycles. The number of hydrogen-bond acceptors (Lipinski definition) is 3.